The second-order valence-electron chi connectivity index (χ2n) is 5.79. The maximum atomic E-state index is 12.3. The second kappa shape index (κ2) is 6.64. The van der Waals surface area contributed by atoms with E-state index < -0.39 is 11.9 Å². The highest BCUT2D eigenvalue weighted by molar-refractivity contribution is 5.97. The summed E-state index contributed by atoms with van der Waals surface area (Å²) in [6.45, 7) is 1.93. The number of carbonyl (C=O) groups is 3. The normalized spacial score (nSPS) is 13.0. The lowest BCUT2D eigenvalue weighted by molar-refractivity contribution is -0.133. The predicted molar refractivity (Wildman–Crippen MR) is 92.6 cm³/mol. The summed E-state index contributed by atoms with van der Waals surface area (Å²) in [6.07, 6.45) is 0. The van der Waals surface area contributed by atoms with E-state index in [1.807, 2.05) is 19.1 Å². The summed E-state index contributed by atoms with van der Waals surface area (Å²) in [7, 11) is 0. The number of ether oxygens (including phenoxy) is 1. The average Bonchev–Trinajstić information content (AvgIpc) is 2.56. The number of hydrogen-bond donors (Lipinski definition) is 2. The lowest BCUT2D eigenvalue weighted by Gasteiger charge is -2.29. The van der Waals surface area contributed by atoms with Crippen LogP contribution in [-0.4, -0.2) is 30.9 Å². The quantitative estimate of drug-likeness (QED) is 0.648. The highest BCUT2D eigenvalue weighted by atomic mass is 16.5. The Hall–Kier alpha value is -3.35. The van der Waals surface area contributed by atoms with Crippen molar-refractivity contribution in [1.29, 1.82) is 0 Å². The molecule has 0 radical (unpaired) electrons. The number of carbonyl (C=O) groups excluding carboxylic acids is 3. The van der Waals surface area contributed by atoms with Crippen molar-refractivity contribution < 1.29 is 19.1 Å². The van der Waals surface area contributed by atoms with Crippen LogP contribution in [0.4, 0.5) is 11.4 Å². The third-order valence-electron chi connectivity index (χ3n) is 3.79. The number of nitrogens with one attached hydrogen (secondary N) is 1. The maximum absolute atomic E-state index is 12.3. The third kappa shape index (κ3) is 3.77. The van der Waals surface area contributed by atoms with Gasteiger partial charge in [0, 0.05) is 11.3 Å². The zero-order valence-corrected chi connectivity index (χ0v) is 13.6. The topological polar surface area (TPSA) is 102 Å². The fourth-order valence-electron chi connectivity index (χ4n) is 2.59. The van der Waals surface area contributed by atoms with Crippen LogP contribution in [0.15, 0.2) is 42.5 Å². The van der Waals surface area contributed by atoms with E-state index in [-0.39, 0.29) is 19.0 Å². The molecular formula is C18H17N3O4. The first-order valence-electron chi connectivity index (χ1n) is 7.68. The Morgan fingerprint density at radius 1 is 1.20 bits per heavy atom. The zero-order valence-electron chi connectivity index (χ0n) is 13.6. The Balaban J connectivity index is 1.72. The number of hydrogen-bond acceptors (Lipinski definition) is 5. The Bertz CT molecular complexity index is 846. The number of nitrogens with zero attached hydrogens (tertiary/aromatic N) is 1. The monoisotopic (exact) mass is 339 g/mol. The van der Waals surface area contributed by atoms with Crippen LogP contribution in [0.3, 0.4) is 0 Å². The Labute approximate surface area is 144 Å². The number of amides is 2. The molecule has 2 aromatic carbocycles. The van der Waals surface area contributed by atoms with Gasteiger partial charge in [-0.2, -0.15) is 0 Å². The van der Waals surface area contributed by atoms with E-state index in [4.69, 9.17) is 10.5 Å². The molecule has 0 atom stereocenters. The number of fused-ring (bicyclic) bond motifs is 1. The molecule has 0 saturated heterocycles. The van der Waals surface area contributed by atoms with Crippen molar-refractivity contribution in [3.05, 3.63) is 53.6 Å². The molecule has 2 amide bonds. The number of anilines is 2. The molecule has 128 valence electrons. The molecule has 0 aromatic heterocycles. The first-order chi connectivity index (χ1) is 11.9. The molecular weight excluding hydrogens is 322 g/mol. The Morgan fingerprint density at radius 3 is 2.60 bits per heavy atom. The third-order valence-corrected chi connectivity index (χ3v) is 3.79. The molecule has 1 aliphatic heterocycles. The van der Waals surface area contributed by atoms with Gasteiger partial charge in [0.25, 0.3) is 0 Å². The van der Waals surface area contributed by atoms with Gasteiger partial charge in [-0.1, -0.05) is 6.07 Å². The largest absolute Gasteiger partial charge is 0.423 e. The van der Waals surface area contributed by atoms with Gasteiger partial charge in [-0.15, -0.1) is 0 Å². The molecule has 7 heteroatoms. The van der Waals surface area contributed by atoms with Gasteiger partial charge in [-0.3, -0.25) is 9.59 Å². The summed E-state index contributed by atoms with van der Waals surface area (Å²) in [6, 6.07) is 11.7. The minimum Gasteiger partial charge on any atom is -0.423 e. The van der Waals surface area contributed by atoms with Crippen molar-refractivity contribution in [3.63, 3.8) is 0 Å². The summed E-state index contributed by atoms with van der Waals surface area (Å²) in [5.74, 6) is -0.777. The smallest absolute Gasteiger partial charge is 0.331 e. The van der Waals surface area contributed by atoms with Crippen molar-refractivity contribution in [2.75, 3.05) is 23.3 Å². The summed E-state index contributed by atoms with van der Waals surface area (Å²) in [5, 5.41) is 2.73. The van der Waals surface area contributed by atoms with Crippen LogP contribution in [0, 0.1) is 6.92 Å². The van der Waals surface area contributed by atoms with Gasteiger partial charge in [0.1, 0.15) is 6.54 Å². The predicted octanol–water partition coefficient (Wildman–Crippen LogP) is 1.46. The lowest BCUT2D eigenvalue weighted by atomic mass is 10.1. The molecule has 1 aliphatic rings. The van der Waals surface area contributed by atoms with Crippen LogP contribution in [0.25, 0.3) is 0 Å². The average molecular weight is 339 g/mol. The molecule has 7 nitrogen and oxygen atoms in total. The van der Waals surface area contributed by atoms with Crippen molar-refractivity contribution >= 4 is 29.2 Å². The van der Waals surface area contributed by atoms with Gasteiger partial charge in [0.15, 0.2) is 5.75 Å². The molecule has 25 heavy (non-hydrogen) atoms. The first-order valence-corrected chi connectivity index (χ1v) is 7.68. The van der Waals surface area contributed by atoms with Gasteiger partial charge in [-0.25, -0.2) is 4.79 Å². The number of esters is 1. The fourth-order valence-corrected chi connectivity index (χ4v) is 2.59. The molecule has 0 saturated carbocycles. The van der Waals surface area contributed by atoms with Gasteiger partial charge < -0.3 is 20.7 Å². The Kier molecular flexibility index (Phi) is 4.38. The van der Waals surface area contributed by atoms with Crippen LogP contribution < -0.4 is 20.7 Å². The van der Waals surface area contributed by atoms with E-state index in [1.165, 1.54) is 12.1 Å². The van der Waals surface area contributed by atoms with Gasteiger partial charge in [0.05, 0.1) is 12.2 Å². The van der Waals surface area contributed by atoms with E-state index >= 15 is 0 Å². The molecule has 0 spiro atoms. The molecule has 0 aliphatic carbocycles. The zero-order chi connectivity index (χ0) is 18.0. The summed E-state index contributed by atoms with van der Waals surface area (Å²) in [5.41, 5.74) is 7.80. The SMILES string of the molecule is Cc1ccc2c(c1)N(CC(=O)Nc1ccc(C(N)=O)cc1)CC(=O)O2. The summed E-state index contributed by atoms with van der Waals surface area (Å²) >= 11 is 0. The van der Waals surface area contributed by atoms with Gasteiger partial charge in [0.2, 0.25) is 11.8 Å². The van der Waals surface area contributed by atoms with Gasteiger partial charge in [-0.05, 0) is 48.9 Å². The van der Waals surface area contributed by atoms with E-state index in [0.29, 0.717) is 22.7 Å². The minimum atomic E-state index is -0.531. The standard InChI is InChI=1S/C18H17N3O4/c1-11-2-7-15-14(8-11)21(10-17(23)25-15)9-16(22)20-13-5-3-12(4-6-13)18(19)24/h2-8H,9-10H2,1H3,(H2,19,24)(H,20,22). The molecule has 1 heterocycles. The van der Waals surface area contributed by atoms with Crippen LogP contribution in [0.5, 0.6) is 5.75 Å². The highest BCUT2D eigenvalue weighted by Gasteiger charge is 2.25. The number of aryl methyl sites for hydroxylation is 1. The van der Waals surface area contributed by atoms with Crippen molar-refractivity contribution in [2.24, 2.45) is 5.73 Å². The van der Waals surface area contributed by atoms with E-state index in [2.05, 4.69) is 5.32 Å². The minimum absolute atomic E-state index is 0.00310. The molecule has 0 bridgehead atoms. The van der Waals surface area contributed by atoms with E-state index in [0.717, 1.165) is 5.56 Å². The molecule has 2 aromatic rings. The lowest BCUT2D eigenvalue weighted by Crippen LogP contribution is -2.41. The fraction of sp³-hybridized carbons (Fsp3) is 0.167. The number of nitrogens with two attached hydrogens (primary N) is 1. The molecule has 3 N–H and O–H groups in total. The van der Waals surface area contributed by atoms with Crippen LogP contribution >= 0.6 is 0 Å². The molecule has 0 unspecified atom stereocenters. The number of benzene rings is 2. The number of rotatable bonds is 4. The first kappa shape index (κ1) is 16.5. The second-order valence-corrected chi connectivity index (χ2v) is 5.79. The van der Waals surface area contributed by atoms with Crippen LogP contribution in [-0.2, 0) is 9.59 Å². The van der Waals surface area contributed by atoms with Crippen molar-refractivity contribution in [1.82, 2.24) is 0 Å². The van der Waals surface area contributed by atoms with Crippen molar-refractivity contribution in [2.45, 2.75) is 6.92 Å². The van der Waals surface area contributed by atoms with Crippen LogP contribution in [0.1, 0.15) is 15.9 Å². The van der Waals surface area contributed by atoms with E-state index in [1.54, 1.807) is 23.1 Å². The summed E-state index contributed by atoms with van der Waals surface area (Å²) < 4.78 is 5.20. The van der Waals surface area contributed by atoms with Crippen LogP contribution in [0.2, 0.25) is 0 Å². The number of primary amides is 1. The maximum Gasteiger partial charge on any atom is 0.331 e. The molecule has 3 rings (SSSR count). The van der Waals surface area contributed by atoms with Gasteiger partial charge >= 0.3 is 5.97 Å². The summed E-state index contributed by atoms with van der Waals surface area (Å²) in [4.78, 5) is 36.8. The Morgan fingerprint density at radius 2 is 1.92 bits per heavy atom. The molecule has 0 fully saturated rings. The van der Waals surface area contributed by atoms with E-state index in [9.17, 15) is 14.4 Å². The highest BCUT2D eigenvalue weighted by Crippen LogP contribution is 2.32. The van der Waals surface area contributed by atoms with Crippen molar-refractivity contribution in [3.8, 4) is 5.75 Å².